The smallest absolute Gasteiger partial charge is 0.340 e. The Hall–Kier alpha value is -6.05. The van der Waals surface area contributed by atoms with Crippen LogP contribution in [0.4, 0.5) is 13.2 Å². The maximum Gasteiger partial charge on any atom is 0.417 e. The first-order valence-electron chi connectivity index (χ1n) is 22.8. The third kappa shape index (κ3) is 8.27. The van der Waals surface area contributed by atoms with Gasteiger partial charge in [0, 0.05) is 18.7 Å². The molecule has 4 saturated heterocycles. The number of nitrogens with zero attached hydrogens (tertiary/aromatic N) is 6. The Morgan fingerprint density at radius 3 is 1.45 bits per heavy atom. The Kier molecular flexibility index (Phi) is 11.7. The van der Waals surface area contributed by atoms with E-state index >= 15 is 0 Å². The fourth-order valence-electron chi connectivity index (χ4n) is 10.6. The number of hydrogen-bond acceptors (Lipinski definition) is 6. The predicted octanol–water partition coefficient (Wildman–Crippen LogP) is 10.2. The van der Waals surface area contributed by atoms with Crippen molar-refractivity contribution in [3.05, 3.63) is 144 Å². The highest BCUT2D eigenvalue weighted by Gasteiger charge is 2.41. The second-order valence-electron chi connectivity index (χ2n) is 17.7. The van der Waals surface area contributed by atoms with Crippen molar-refractivity contribution in [2.45, 2.75) is 81.7 Å². The summed E-state index contributed by atoms with van der Waals surface area (Å²) in [5, 5.41) is 0. The van der Waals surface area contributed by atoms with E-state index in [4.69, 9.17) is 4.98 Å². The maximum atomic E-state index is 14.9. The van der Waals surface area contributed by atoms with E-state index in [2.05, 4.69) is 24.8 Å². The topological polar surface area (TPSA) is 104 Å². The van der Waals surface area contributed by atoms with Crippen molar-refractivity contribution in [3.8, 4) is 33.6 Å². The summed E-state index contributed by atoms with van der Waals surface area (Å²) in [7, 11) is 0. The molecule has 10 nitrogen and oxygen atoms in total. The van der Waals surface area contributed by atoms with Gasteiger partial charge in [-0.05, 0) is 111 Å². The summed E-state index contributed by atoms with van der Waals surface area (Å²) in [5.74, 6) is 1.42. The van der Waals surface area contributed by atoms with E-state index in [0.717, 1.165) is 99.9 Å². The molecule has 0 bridgehead atoms. The quantitative estimate of drug-likeness (QED) is 0.134. The molecule has 0 spiro atoms. The van der Waals surface area contributed by atoms with Crippen molar-refractivity contribution in [2.75, 3.05) is 39.3 Å². The van der Waals surface area contributed by atoms with Crippen LogP contribution in [0, 0.1) is 0 Å². The van der Waals surface area contributed by atoms with Crippen LogP contribution in [-0.2, 0) is 15.8 Å². The summed E-state index contributed by atoms with van der Waals surface area (Å²) >= 11 is 0. The average molecular weight is 867 g/mol. The highest BCUT2D eigenvalue weighted by molar-refractivity contribution is 5.85. The lowest BCUT2D eigenvalue weighted by molar-refractivity contribution is -0.138. The maximum absolute atomic E-state index is 14.9. The molecule has 0 aliphatic carbocycles. The number of H-pyrrole nitrogens is 2. The van der Waals surface area contributed by atoms with Gasteiger partial charge in [0.1, 0.15) is 23.7 Å². The number of nitrogens with one attached hydrogen (secondary N) is 2. The predicted molar refractivity (Wildman–Crippen MR) is 239 cm³/mol. The van der Waals surface area contributed by atoms with Gasteiger partial charge >= 0.3 is 6.18 Å². The van der Waals surface area contributed by atoms with E-state index < -0.39 is 11.7 Å². The van der Waals surface area contributed by atoms with E-state index in [9.17, 15) is 22.8 Å². The largest absolute Gasteiger partial charge is 0.417 e. The van der Waals surface area contributed by atoms with Crippen molar-refractivity contribution in [2.24, 2.45) is 0 Å². The molecule has 3 unspecified atom stereocenters. The van der Waals surface area contributed by atoms with Crippen molar-refractivity contribution in [1.29, 1.82) is 0 Å². The van der Waals surface area contributed by atoms with Crippen LogP contribution >= 0.6 is 0 Å². The molecule has 6 heterocycles. The second kappa shape index (κ2) is 17.8. The fourth-order valence-corrected chi connectivity index (χ4v) is 10.6. The van der Waals surface area contributed by atoms with Crippen molar-refractivity contribution < 1.29 is 22.8 Å². The number of aromatic nitrogens is 4. The molecule has 6 aromatic rings. The Labute approximate surface area is 371 Å². The molecule has 2 aromatic heterocycles. The third-order valence-corrected chi connectivity index (χ3v) is 13.7. The summed E-state index contributed by atoms with van der Waals surface area (Å²) in [4.78, 5) is 53.2. The summed E-state index contributed by atoms with van der Waals surface area (Å²) in [6.07, 6.45) is 6.16. The van der Waals surface area contributed by atoms with Crippen molar-refractivity contribution >= 4 is 11.8 Å². The van der Waals surface area contributed by atoms with E-state index in [-0.39, 0.29) is 41.5 Å². The van der Waals surface area contributed by atoms with Crippen LogP contribution in [0.5, 0.6) is 0 Å². The SMILES string of the molecule is O=C(C(c1ccccc1)N1CCCC1)N1CCCC1c1ncc(-c2ccc(-c3ccc(-c4cnc([C@@H]5CCCN5C(=O)C(c5ccccc5)N5CCCC5)[nH]4)cc3)c(C(F)(F)F)c2)[nH]1. The van der Waals surface area contributed by atoms with E-state index in [0.29, 0.717) is 41.6 Å². The van der Waals surface area contributed by atoms with E-state index in [1.165, 1.54) is 12.1 Å². The number of hydrogen-bond donors (Lipinski definition) is 2. The molecule has 4 atom stereocenters. The Balaban J connectivity index is 0.859. The lowest BCUT2D eigenvalue weighted by Crippen LogP contribution is -2.42. The average Bonchev–Trinajstić information content (AvgIpc) is 4.18. The summed E-state index contributed by atoms with van der Waals surface area (Å²) < 4.78 is 44.6. The first-order valence-corrected chi connectivity index (χ1v) is 22.8. The molecule has 4 aromatic carbocycles. The molecule has 13 heteroatoms. The zero-order chi connectivity index (χ0) is 43.8. The summed E-state index contributed by atoms with van der Waals surface area (Å²) in [5.41, 5.74) is 4.06. The molecule has 0 radical (unpaired) electrons. The molecule has 4 fully saturated rings. The molecule has 330 valence electrons. The van der Waals surface area contributed by atoms with Gasteiger partial charge < -0.3 is 19.8 Å². The Bertz CT molecular complexity index is 2560. The standard InChI is InChI=1S/C51H53F3N8O2/c52-51(53,54)40-31-38(42-33-56-48(58-42)44-18-12-30-62(44)50(64)46(60-27-9-10-28-60)37-15-5-2-6-16-37)23-24-39(40)34-19-21-35(22-20-34)41-32-55-47(57-41)43-17-11-29-61(43)49(63)45(59-25-7-8-26-59)36-13-3-1-4-14-36/h1-6,13-16,19-24,31-33,43-46H,7-12,17-18,25-30H2,(H,55,57)(H,56,58)/t43-,44?,45?,46?/m0/s1. The lowest BCUT2D eigenvalue weighted by Gasteiger charge is -2.33. The van der Waals surface area contributed by atoms with Gasteiger partial charge in [-0.15, -0.1) is 0 Å². The van der Waals surface area contributed by atoms with Gasteiger partial charge in [-0.1, -0.05) is 97.1 Å². The fraction of sp³-hybridized carbons (Fsp3) is 0.373. The zero-order valence-corrected chi connectivity index (χ0v) is 35.8. The van der Waals surface area contributed by atoms with Crippen LogP contribution in [0.25, 0.3) is 33.6 Å². The lowest BCUT2D eigenvalue weighted by atomic mass is 9.95. The van der Waals surface area contributed by atoms with Gasteiger partial charge in [-0.2, -0.15) is 13.2 Å². The molecule has 4 aliphatic rings. The molecule has 4 aliphatic heterocycles. The number of halogens is 3. The highest BCUT2D eigenvalue weighted by Crippen LogP contribution is 2.42. The van der Waals surface area contributed by atoms with Crippen LogP contribution in [-0.4, -0.2) is 90.6 Å². The number of rotatable bonds is 11. The van der Waals surface area contributed by atoms with Gasteiger partial charge in [-0.3, -0.25) is 19.4 Å². The minimum atomic E-state index is -4.62. The van der Waals surface area contributed by atoms with E-state index in [1.54, 1.807) is 42.7 Å². The number of carbonyl (C=O) groups is 2. The van der Waals surface area contributed by atoms with Crippen LogP contribution in [0.1, 0.15) is 104 Å². The normalized spacial score (nSPS) is 20.6. The van der Waals surface area contributed by atoms with Crippen LogP contribution in [0.15, 0.2) is 116 Å². The summed E-state index contributed by atoms with van der Waals surface area (Å²) in [6.45, 7) is 4.76. The number of likely N-dealkylation sites (tertiary alicyclic amines) is 4. The molecule has 0 saturated carbocycles. The Morgan fingerprint density at radius 2 is 0.984 bits per heavy atom. The second-order valence-corrected chi connectivity index (χ2v) is 17.7. The minimum absolute atomic E-state index is 0.0358. The number of benzene rings is 4. The third-order valence-electron chi connectivity index (χ3n) is 13.7. The number of imidazole rings is 2. The van der Waals surface area contributed by atoms with Gasteiger partial charge in [0.05, 0.1) is 41.4 Å². The van der Waals surface area contributed by atoms with Gasteiger partial charge in [0.15, 0.2) is 0 Å². The molecular formula is C51H53F3N8O2. The molecular weight excluding hydrogens is 814 g/mol. The molecule has 10 rings (SSSR count). The zero-order valence-electron chi connectivity index (χ0n) is 35.8. The number of carbonyl (C=O) groups excluding carboxylic acids is 2. The van der Waals surface area contributed by atoms with Crippen molar-refractivity contribution in [1.82, 2.24) is 39.5 Å². The first kappa shape index (κ1) is 41.9. The monoisotopic (exact) mass is 866 g/mol. The first-order chi connectivity index (χ1) is 31.2. The van der Waals surface area contributed by atoms with Gasteiger partial charge in [0.25, 0.3) is 0 Å². The van der Waals surface area contributed by atoms with Gasteiger partial charge in [0.2, 0.25) is 11.8 Å². The van der Waals surface area contributed by atoms with Crippen molar-refractivity contribution in [3.63, 3.8) is 0 Å². The molecule has 2 amide bonds. The highest BCUT2D eigenvalue weighted by atomic mass is 19.4. The minimum Gasteiger partial charge on any atom is -0.340 e. The Morgan fingerprint density at radius 1 is 0.547 bits per heavy atom. The van der Waals surface area contributed by atoms with Crippen LogP contribution in [0.3, 0.4) is 0 Å². The number of aromatic amines is 2. The molecule has 2 N–H and O–H groups in total. The van der Waals surface area contributed by atoms with Crippen LogP contribution < -0.4 is 0 Å². The summed E-state index contributed by atoms with van der Waals surface area (Å²) in [6, 6.07) is 30.1. The van der Waals surface area contributed by atoms with Crippen LogP contribution in [0.2, 0.25) is 0 Å². The molecule has 64 heavy (non-hydrogen) atoms. The van der Waals surface area contributed by atoms with Gasteiger partial charge in [-0.25, -0.2) is 9.97 Å². The number of alkyl halides is 3. The number of amides is 2. The van der Waals surface area contributed by atoms with E-state index in [1.807, 2.05) is 70.5 Å².